The molecular weight excluding hydrogens is 540 g/mol. The van der Waals surface area contributed by atoms with E-state index in [9.17, 15) is 19.2 Å². The fourth-order valence-electron chi connectivity index (χ4n) is 2.37. The molecule has 0 aromatic rings. The van der Waals surface area contributed by atoms with Crippen molar-refractivity contribution in [3.63, 3.8) is 0 Å². The second-order valence-corrected chi connectivity index (χ2v) is 7.63. The summed E-state index contributed by atoms with van der Waals surface area (Å²) in [4.78, 5) is 55.3. The van der Waals surface area contributed by atoms with Crippen molar-refractivity contribution in [2.24, 2.45) is 11.8 Å². The molecular formula is C16H26CuN2O8S4. The zero-order valence-electron chi connectivity index (χ0n) is 16.3. The number of carbonyl (C=O) groups excluding carboxylic acids is 4. The minimum atomic E-state index is -0.981. The van der Waals surface area contributed by atoms with Gasteiger partial charge in [0, 0.05) is 42.8 Å². The first kappa shape index (κ1) is 34.5. The van der Waals surface area contributed by atoms with Gasteiger partial charge in [0.25, 0.3) is 0 Å². The molecule has 2 aliphatic rings. The van der Waals surface area contributed by atoms with Gasteiger partial charge in [-0.15, -0.1) is 0 Å². The molecule has 0 aromatic carbocycles. The number of nitrogens with two attached hydrogens (primary N) is 2. The van der Waals surface area contributed by atoms with E-state index in [4.69, 9.17) is 19.8 Å². The average Bonchev–Trinajstić information content (AvgIpc) is 2.70. The van der Waals surface area contributed by atoms with Gasteiger partial charge in [-0.05, 0) is 0 Å². The maximum Gasteiger partial charge on any atom is 0.484 e. The van der Waals surface area contributed by atoms with Gasteiger partial charge in [0.15, 0.2) is 0 Å². The normalized spacial score (nSPS) is 15.5. The van der Waals surface area contributed by atoms with Gasteiger partial charge in [-0.3, -0.25) is 0 Å². The summed E-state index contributed by atoms with van der Waals surface area (Å²) < 4.78 is 0. The molecule has 2 aliphatic heterocycles. The van der Waals surface area contributed by atoms with Crippen LogP contribution in [0.15, 0.2) is 0 Å². The zero-order valence-corrected chi connectivity index (χ0v) is 20.5. The van der Waals surface area contributed by atoms with Gasteiger partial charge in [-0.2, -0.15) is 0 Å². The third-order valence-electron chi connectivity index (χ3n) is 3.94. The van der Waals surface area contributed by atoms with Crippen molar-refractivity contribution in [1.29, 1.82) is 0 Å². The summed E-state index contributed by atoms with van der Waals surface area (Å²) in [6, 6.07) is 0. The van der Waals surface area contributed by atoms with Gasteiger partial charge < -0.3 is 100 Å². The largest absolute Gasteiger partial charge is 0.736 e. The number of quaternary nitrogens is 2. The molecule has 183 valence electrons. The summed E-state index contributed by atoms with van der Waals surface area (Å²) >= 11 is 15.2. The van der Waals surface area contributed by atoms with Crippen LogP contribution in [-0.2, 0) is 86.8 Å². The molecule has 2 rings (SSSR count). The van der Waals surface area contributed by atoms with Crippen LogP contribution in [0.25, 0.3) is 0 Å². The van der Waals surface area contributed by atoms with Crippen LogP contribution in [0, 0.1) is 11.8 Å². The van der Waals surface area contributed by atoms with Crippen molar-refractivity contribution in [2.45, 2.75) is 25.7 Å². The molecule has 10 nitrogen and oxygen atoms in total. The number of carboxylic acids is 2. The minimum absolute atomic E-state index is 0. The first-order valence-corrected chi connectivity index (χ1v) is 10.5. The Morgan fingerprint density at radius 1 is 0.613 bits per heavy atom. The summed E-state index contributed by atoms with van der Waals surface area (Å²) in [6.07, 6.45) is 3.62. The molecule has 0 aromatic heterocycles. The van der Waals surface area contributed by atoms with E-state index in [-0.39, 0.29) is 40.8 Å². The fourth-order valence-corrected chi connectivity index (χ4v) is 2.37. The van der Waals surface area contributed by atoms with Crippen LogP contribution in [0.5, 0.6) is 0 Å². The number of aliphatic hydroxyl groups excluding tert-OH is 2. The monoisotopic (exact) mass is 565 g/mol. The van der Waals surface area contributed by atoms with E-state index < -0.39 is 20.5 Å². The Balaban J connectivity index is -0.000000341. The van der Waals surface area contributed by atoms with Crippen molar-refractivity contribution >= 4 is 82.9 Å². The van der Waals surface area contributed by atoms with Gasteiger partial charge >= 0.3 is 11.9 Å². The quantitative estimate of drug-likeness (QED) is 0.114. The standard InChI is InChI=1S/2C6H11NO2.2C2H2O2S2.Cu/c2*8-6(9)5-1-3-7-4-2-5;2*3-1(5)2(4)6;/h2*5,7H,1-4H2,(H,8,9);2*(H,3,5)(H,4,6);. The third-order valence-corrected chi connectivity index (χ3v) is 4.94. The van der Waals surface area contributed by atoms with Gasteiger partial charge in [-0.1, -0.05) is 0 Å². The van der Waals surface area contributed by atoms with E-state index in [2.05, 4.69) is 61.1 Å². The first-order chi connectivity index (χ1) is 13.9. The van der Waals surface area contributed by atoms with Gasteiger partial charge in [-0.25, -0.2) is 0 Å². The second-order valence-electron chi connectivity index (χ2n) is 6.15. The van der Waals surface area contributed by atoms with Gasteiger partial charge in [0.05, 0.1) is 46.6 Å². The fraction of sp³-hybridized carbons (Fsp3) is 0.625. The molecule has 8 N–H and O–H groups in total. The van der Waals surface area contributed by atoms with Crippen LogP contribution < -0.4 is 10.6 Å². The summed E-state index contributed by atoms with van der Waals surface area (Å²) in [5.41, 5.74) is 0. The molecule has 0 atom stereocenters. The molecule has 31 heavy (non-hydrogen) atoms. The topological polar surface area (TPSA) is 185 Å². The predicted octanol–water partition coefficient (Wildman–Crippen LogP) is -3.70. The van der Waals surface area contributed by atoms with Crippen molar-refractivity contribution < 1.29 is 66.7 Å². The number of hydrogen-bond acceptors (Lipinski definition) is 8. The van der Waals surface area contributed by atoms with E-state index in [1.807, 2.05) is 0 Å². The Bertz CT molecular complexity index is 536. The van der Waals surface area contributed by atoms with Crippen LogP contribution in [0.1, 0.15) is 25.7 Å². The Kier molecular flexibility index (Phi) is 23.2. The molecule has 0 bridgehead atoms. The Morgan fingerprint density at radius 3 is 0.903 bits per heavy atom. The van der Waals surface area contributed by atoms with E-state index in [0.29, 0.717) is 0 Å². The molecule has 1 radical (unpaired) electrons. The SMILES string of the molecule is O=C([S-])C(=O)[S-].O=C([S-])C(=O)[S-].OC(=[OH+])C1CC[NH2+]CC1.OC(=[OH+])C1CC[NH2+]CC1.[Cu]. The minimum Gasteiger partial charge on any atom is -0.736 e. The maximum absolute atomic E-state index is 9.50. The van der Waals surface area contributed by atoms with Gasteiger partial charge in [0.2, 0.25) is 0 Å². The first-order valence-electron chi connectivity index (χ1n) is 8.87. The third kappa shape index (κ3) is 21.9. The number of carbonyl (C=O) groups is 4. The molecule has 15 heteroatoms. The van der Waals surface area contributed by atoms with E-state index in [0.717, 1.165) is 51.9 Å². The Labute approximate surface area is 212 Å². The Hall–Kier alpha value is -1.06. The number of aliphatic carboxylic acids is 2. The van der Waals surface area contributed by atoms with Crippen molar-refractivity contribution in [3.8, 4) is 0 Å². The summed E-state index contributed by atoms with van der Waals surface area (Å²) in [6.45, 7) is 4.09. The van der Waals surface area contributed by atoms with Crippen LogP contribution in [-0.4, -0.2) is 78.4 Å². The molecule has 0 amide bonds. The number of rotatable bonds is 4. The van der Waals surface area contributed by atoms with Crippen molar-refractivity contribution in [3.05, 3.63) is 0 Å². The zero-order chi connectivity index (χ0) is 23.7. The molecule has 0 spiro atoms. The van der Waals surface area contributed by atoms with Crippen molar-refractivity contribution in [1.82, 2.24) is 0 Å². The molecule has 0 aliphatic carbocycles. The summed E-state index contributed by atoms with van der Waals surface area (Å²) in [5, 5.41) is 17.7. The predicted molar refractivity (Wildman–Crippen MR) is 117 cm³/mol. The van der Waals surface area contributed by atoms with Crippen LogP contribution >= 0.6 is 0 Å². The molecule has 2 saturated heterocycles. The summed E-state index contributed by atoms with van der Waals surface area (Å²) in [5.74, 6) is -0.642. The average molecular weight is 566 g/mol. The maximum atomic E-state index is 9.50. The van der Waals surface area contributed by atoms with Gasteiger partial charge in [0.1, 0.15) is 11.8 Å². The summed E-state index contributed by atoms with van der Waals surface area (Å²) in [7, 11) is 0. The van der Waals surface area contributed by atoms with E-state index >= 15 is 0 Å². The van der Waals surface area contributed by atoms with Crippen molar-refractivity contribution in [2.75, 3.05) is 26.2 Å². The van der Waals surface area contributed by atoms with Crippen LogP contribution in [0.3, 0.4) is 0 Å². The molecule has 0 saturated carbocycles. The number of hydrogen-bond donors (Lipinski definition) is 4. The molecule has 2 heterocycles. The number of piperidine rings is 2. The van der Waals surface area contributed by atoms with Crippen LogP contribution in [0.2, 0.25) is 0 Å². The van der Waals surface area contributed by atoms with E-state index in [1.165, 1.54) is 0 Å². The molecule has 2 fully saturated rings. The van der Waals surface area contributed by atoms with E-state index in [1.54, 1.807) is 0 Å². The Morgan fingerprint density at radius 2 is 0.806 bits per heavy atom. The smallest absolute Gasteiger partial charge is 0.484 e. The number of carboxylic acid groups (broad SMARTS) is 2. The second kappa shape index (κ2) is 20.8. The molecule has 0 unspecified atom stereocenters. The van der Waals surface area contributed by atoms with Crippen LogP contribution in [0.4, 0.5) is 0 Å².